The molecule has 9 heteroatoms. The van der Waals surface area contributed by atoms with Gasteiger partial charge in [-0.05, 0) is 38.3 Å². The van der Waals surface area contributed by atoms with Crippen LogP contribution in [0.2, 0.25) is 5.02 Å². The number of carbonyl (C=O) groups excluding carboxylic acids is 1. The van der Waals surface area contributed by atoms with Crippen molar-refractivity contribution in [2.45, 2.75) is 32.6 Å². The van der Waals surface area contributed by atoms with Gasteiger partial charge < -0.3 is 5.32 Å². The second-order valence-electron chi connectivity index (χ2n) is 6.44. The van der Waals surface area contributed by atoms with E-state index in [0.29, 0.717) is 40.3 Å². The molecule has 7 nitrogen and oxygen atoms in total. The number of halogens is 1. The molecule has 3 rings (SSSR count). The molecule has 0 aromatic heterocycles. The molecule has 140 valence electrons. The first-order chi connectivity index (χ1) is 12.1. The van der Waals surface area contributed by atoms with Crippen LogP contribution in [0.15, 0.2) is 40.1 Å². The van der Waals surface area contributed by atoms with Crippen molar-refractivity contribution in [1.29, 1.82) is 0 Å². The van der Waals surface area contributed by atoms with Gasteiger partial charge in [0.2, 0.25) is 0 Å². The Morgan fingerprint density at radius 2 is 2.12 bits per heavy atom. The number of nitrogens with one attached hydrogen (secondary N) is 1. The molecule has 0 spiro atoms. The number of ketones is 1. The SMILES string of the molecule is CC(=O)C1=C(C)NC2=C(C1c1ccc(Cl)c([N+](=O)[O-])c1)S(O)(O)CCC2. The Balaban J connectivity index is 2.26. The van der Waals surface area contributed by atoms with Crippen LogP contribution in [0.4, 0.5) is 5.69 Å². The van der Waals surface area contributed by atoms with Gasteiger partial charge in [0.15, 0.2) is 5.78 Å². The summed E-state index contributed by atoms with van der Waals surface area (Å²) in [6.07, 6.45) is 1.24. The predicted molar refractivity (Wildman–Crippen MR) is 101 cm³/mol. The fourth-order valence-corrected chi connectivity index (χ4v) is 5.78. The first-order valence-corrected chi connectivity index (χ1v) is 10.1. The van der Waals surface area contributed by atoms with Gasteiger partial charge in [-0.3, -0.25) is 24.0 Å². The fraction of sp³-hybridized carbons (Fsp3) is 0.353. The van der Waals surface area contributed by atoms with Crippen LogP contribution < -0.4 is 5.32 Å². The Kier molecular flexibility index (Phi) is 4.87. The summed E-state index contributed by atoms with van der Waals surface area (Å²) in [4.78, 5) is 23.4. The second-order valence-corrected chi connectivity index (χ2v) is 9.03. The number of nitro benzene ring substituents is 1. The summed E-state index contributed by atoms with van der Waals surface area (Å²) < 4.78 is 21.3. The minimum atomic E-state index is -3.09. The van der Waals surface area contributed by atoms with E-state index in [1.807, 2.05) is 0 Å². The van der Waals surface area contributed by atoms with Crippen LogP contribution in [-0.4, -0.2) is 25.6 Å². The molecule has 0 bridgehead atoms. The molecular weight excluding hydrogens is 380 g/mol. The van der Waals surface area contributed by atoms with Crippen molar-refractivity contribution in [3.05, 3.63) is 60.8 Å². The standard InChI is InChI=1S/C17H19ClN2O5S/c1-9-15(10(2)21)16(11-5-6-12(18)14(8-11)20(22)23)17-13(19-9)4-3-7-26(17,24)25/h5-6,8,16,19,24-25H,3-4,7H2,1-2H3. The monoisotopic (exact) mass is 398 g/mol. The molecule has 0 fully saturated rings. The van der Waals surface area contributed by atoms with Crippen molar-refractivity contribution in [3.8, 4) is 0 Å². The quantitative estimate of drug-likeness (QED) is 0.508. The first-order valence-electron chi connectivity index (χ1n) is 8.05. The summed E-state index contributed by atoms with van der Waals surface area (Å²) in [7, 11) is -3.09. The third-order valence-corrected chi connectivity index (χ3v) is 7.04. The largest absolute Gasteiger partial charge is 0.361 e. The Labute approximate surface area is 157 Å². The minimum Gasteiger partial charge on any atom is -0.361 e. The van der Waals surface area contributed by atoms with Crippen molar-refractivity contribution in [2.75, 3.05) is 5.75 Å². The smallest absolute Gasteiger partial charge is 0.288 e. The molecule has 2 aliphatic rings. The Morgan fingerprint density at radius 3 is 2.73 bits per heavy atom. The average Bonchev–Trinajstić information content (AvgIpc) is 2.53. The lowest BCUT2D eigenvalue weighted by atomic mass is 9.83. The molecule has 0 saturated carbocycles. The number of rotatable bonds is 3. The zero-order valence-electron chi connectivity index (χ0n) is 14.3. The highest BCUT2D eigenvalue weighted by Crippen LogP contribution is 2.61. The van der Waals surface area contributed by atoms with Gasteiger partial charge in [0.25, 0.3) is 5.69 Å². The van der Waals surface area contributed by atoms with Gasteiger partial charge in [0.1, 0.15) is 5.02 Å². The molecule has 1 aromatic rings. The minimum absolute atomic E-state index is 0.0118. The number of carbonyl (C=O) groups is 1. The van der Waals surface area contributed by atoms with E-state index in [1.54, 1.807) is 13.0 Å². The third kappa shape index (κ3) is 3.14. The van der Waals surface area contributed by atoms with Crippen molar-refractivity contribution in [2.24, 2.45) is 0 Å². The molecule has 3 N–H and O–H groups in total. The number of hydrogen-bond donors (Lipinski definition) is 3. The maximum absolute atomic E-state index is 12.3. The van der Waals surface area contributed by atoms with Crippen LogP contribution in [0.1, 0.15) is 38.2 Å². The van der Waals surface area contributed by atoms with E-state index in [1.165, 1.54) is 19.1 Å². The fourth-order valence-electron chi connectivity index (χ4n) is 3.64. The number of hydrogen-bond acceptors (Lipinski definition) is 6. The lowest BCUT2D eigenvalue weighted by Gasteiger charge is -2.46. The van der Waals surface area contributed by atoms with Gasteiger partial charge in [0, 0.05) is 28.8 Å². The summed E-state index contributed by atoms with van der Waals surface area (Å²) in [5, 5.41) is 14.4. The van der Waals surface area contributed by atoms with Crippen LogP contribution in [0, 0.1) is 10.1 Å². The van der Waals surface area contributed by atoms with E-state index in [-0.39, 0.29) is 22.2 Å². The lowest BCUT2D eigenvalue weighted by Crippen LogP contribution is -2.33. The van der Waals surface area contributed by atoms with Gasteiger partial charge in [0.05, 0.1) is 15.7 Å². The molecule has 0 saturated heterocycles. The maximum atomic E-state index is 12.3. The van der Waals surface area contributed by atoms with Crippen molar-refractivity contribution in [1.82, 2.24) is 5.32 Å². The average molecular weight is 399 g/mol. The zero-order chi connectivity index (χ0) is 19.2. The highest BCUT2D eigenvalue weighted by Gasteiger charge is 2.41. The number of nitrogens with zero attached hydrogens (tertiary/aromatic N) is 1. The van der Waals surface area contributed by atoms with E-state index in [9.17, 15) is 24.0 Å². The molecule has 2 aliphatic heterocycles. The van der Waals surface area contributed by atoms with Crippen LogP contribution in [0.5, 0.6) is 0 Å². The maximum Gasteiger partial charge on any atom is 0.288 e. The summed E-state index contributed by atoms with van der Waals surface area (Å²) in [5.74, 6) is -0.765. The second kappa shape index (κ2) is 6.70. The van der Waals surface area contributed by atoms with Crippen molar-refractivity contribution < 1.29 is 18.8 Å². The molecule has 2 heterocycles. The number of allylic oxidation sites excluding steroid dienone is 4. The van der Waals surface area contributed by atoms with Gasteiger partial charge in [-0.25, -0.2) is 0 Å². The molecule has 0 radical (unpaired) electrons. The number of dihydropyridines is 1. The summed E-state index contributed by atoms with van der Waals surface area (Å²) >= 11 is 5.91. The van der Waals surface area contributed by atoms with Crippen LogP contribution in [-0.2, 0) is 4.79 Å². The molecule has 26 heavy (non-hydrogen) atoms. The van der Waals surface area contributed by atoms with Gasteiger partial charge in [-0.1, -0.05) is 17.7 Å². The summed E-state index contributed by atoms with van der Waals surface area (Å²) in [6, 6.07) is 4.30. The van der Waals surface area contributed by atoms with E-state index >= 15 is 0 Å². The topological polar surface area (TPSA) is 113 Å². The first kappa shape index (κ1) is 18.9. The Bertz CT molecular complexity index is 878. The van der Waals surface area contributed by atoms with E-state index < -0.39 is 21.4 Å². The third-order valence-electron chi connectivity index (χ3n) is 4.68. The van der Waals surface area contributed by atoms with Crippen LogP contribution >= 0.6 is 22.2 Å². The lowest BCUT2D eigenvalue weighted by molar-refractivity contribution is -0.384. The highest BCUT2D eigenvalue weighted by molar-refractivity contribution is 8.27. The highest BCUT2D eigenvalue weighted by atomic mass is 35.5. The van der Waals surface area contributed by atoms with Gasteiger partial charge in [-0.15, -0.1) is 0 Å². The molecule has 1 unspecified atom stereocenters. The molecule has 0 amide bonds. The number of nitro groups is 1. The van der Waals surface area contributed by atoms with Crippen LogP contribution in [0.25, 0.3) is 0 Å². The normalized spacial score (nSPS) is 23.2. The molecule has 1 atom stereocenters. The molecule has 1 aromatic carbocycles. The van der Waals surface area contributed by atoms with Gasteiger partial charge in [-0.2, -0.15) is 10.6 Å². The van der Waals surface area contributed by atoms with E-state index in [0.717, 1.165) is 0 Å². The predicted octanol–water partition coefficient (Wildman–Crippen LogP) is 4.55. The van der Waals surface area contributed by atoms with Crippen LogP contribution in [0.3, 0.4) is 0 Å². The Morgan fingerprint density at radius 1 is 1.42 bits per heavy atom. The van der Waals surface area contributed by atoms with Crippen molar-refractivity contribution >= 4 is 33.7 Å². The Hall–Kier alpha value is -1.87. The van der Waals surface area contributed by atoms with E-state index in [2.05, 4.69) is 5.32 Å². The summed E-state index contributed by atoms with van der Waals surface area (Å²) in [6.45, 7) is 3.15. The summed E-state index contributed by atoms with van der Waals surface area (Å²) in [5.41, 5.74) is 1.85. The van der Waals surface area contributed by atoms with Crippen molar-refractivity contribution in [3.63, 3.8) is 0 Å². The zero-order valence-corrected chi connectivity index (χ0v) is 15.9. The number of benzene rings is 1. The van der Waals surface area contributed by atoms with Gasteiger partial charge >= 0.3 is 0 Å². The van der Waals surface area contributed by atoms with E-state index in [4.69, 9.17) is 11.6 Å². The molecule has 0 aliphatic carbocycles. The number of Topliss-reactive ketones (excluding diaryl/α,β-unsaturated/α-hetero) is 1. The molecular formula is C17H19ClN2O5S.